The minimum Gasteiger partial charge on any atom is -0.329 e. The van der Waals surface area contributed by atoms with Gasteiger partial charge < -0.3 is 10.6 Å². The molecule has 120 valence electrons. The Hall–Kier alpha value is -0.120. The molecular formula is C17H37N3. The second kappa shape index (κ2) is 9.75. The quantitative estimate of drug-likeness (QED) is 0.625. The van der Waals surface area contributed by atoms with Crippen molar-refractivity contribution in [1.29, 1.82) is 0 Å². The van der Waals surface area contributed by atoms with Crippen LogP contribution in [0.2, 0.25) is 0 Å². The van der Waals surface area contributed by atoms with Gasteiger partial charge in [0.1, 0.15) is 0 Å². The lowest BCUT2D eigenvalue weighted by atomic mass is 10.0. The highest BCUT2D eigenvalue weighted by Gasteiger charge is 2.28. The molecule has 3 nitrogen and oxygen atoms in total. The SMILES string of the molecule is CCCCCCCCCN1CCN(C(C)(C)CN)CC1. The van der Waals surface area contributed by atoms with Crippen molar-refractivity contribution in [2.75, 3.05) is 39.3 Å². The monoisotopic (exact) mass is 283 g/mol. The first-order valence-electron chi connectivity index (χ1n) is 8.77. The summed E-state index contributed by atoms with van der Waals surface area (Å²) in [6.07, 6.45) is 9.86. The molecule has 0 aromatic rings. The van der Waals surface area contributed by atoms with Crippen LogP contribution in [-0.4, -0.2) is 54.6 Å². The maximum absolute atomic E-state index is 5.86. The highest BCUT2D eigenvalue weighted by atomic mass is 15.3. The van der Waals surface area contributed by atoms with Gasteiger partial charge in [-0.25, -0.2) is 0 Å². The first kappa shape index (κ1) is 17.9. The number of hydrogen-bond donors (Lipinski definition) is 1. The Morgan fingerprint density at radius 3 is 1.95 bits per heavy atom. The third kappa shape index (κ3) is 6.55. The summed E-state index contributed by atoms with van der Waals surface area (Å²) in [7, 11) is 0. The molecule has 0 unspecified atom stereocenters. The van der Waals surface area contributed by atoms with Crippen LogP contribution in [-0.2, 0) is 0 Å². The summed E-state index contributed by atoms with van der Waals surface area (Å²) < 4.78 is 0. The fraction of sp³-hybridized carbons (Fsp3) is 1.00. The van der Waals surface area contributed by atoms with E-state index in [4.69, 9.17) is 5.73 Å². The maximum atomic E-state index is 5.86. The van der Waals surface area contributed by atoms with Gasteiger partial charge in [0.25, 0.3) is 0 Å². The third-order valence-corrected chi connectivity index (χ3v) is 4.81. The van der Waals surface area contributed by atoms with Crippen molar-refractivity contribution in [1.82, 2.24) is 9.80 Å². The summed E-state index contributed by atoms with van der Waals surface area (Å²) in [5.74, 6) is 0. The van der Waals surface area contributed by atoms with E-state index in [0.717, 1.165) is 6.54 Å². The van der Waals surface area contributed by atoms with Crippen molar-refractivity contribution in [2.24, 2.45) is 5.73 Å². The average molecular weight is 284 g/mol. The van der Waals surface area contributed by atoms with Gasteiger partial charge in [0.2, 0.25) is 0 Å². The molecule has 1 aliphatic rings. The second-order valence-corrected chi connectivity index (χ2v) is 6.97. The Labute approximate surface area is 126 Å². The molecule has 0 saturated carbocycles. The van der Waals surface area contributed by atoms with Crippen LogP contribution >= 0.6 is 0 Å². The number of piperazine rings is 1. The molecule has 0 atom stereocenters. The molecule has 1 heterocycles. The van der Waals surface area contributed by atoms with Gasteiger partial charge in [0.15, 0.2) is 0 Å². The van der Waals surface area contributed by atoms with Gasteiger partial charge in [-0.2, -0.15) is 0 Å². The van der Waals surface area contributed by atoms with Crippen LogP contribution in [0.25, 0.3) is 0 Å². The zero-order valence-corrected chi connectivity index (χ0v) is 14.2. The van der Waals surface area contributed by atoms with Gasteiger partial charge in [-0.1, -0.05) is 45.4 Å². The summed E-state index contributed by atoms with van der Waals surface area (Å²) in [6, 6.07) is 0. The van der Waals surface area contributed by atoms with E-state index in [-0.39, 0.29) is 5.54 Å². The molecule has 0 bridgehead atoms. The lowest BCUT2D eigenvalue weighted by Crippen LogP contribution is -2.57. The van der Waals surface area contributed by atoms with Crippen LogP contribution in [0.4, 0.5) is 0 Å². The van der Waals surface area contributed by atoms with Gasteiger partial charge >= 0.3 is 0 Å². The van der Waals surface area contributed by atoms with Crippen LogP contribution in [0.1, 0.15) is 65.7 Å². The molecule has 0 radical (unpaired) electrons. The Bertz CT molecular complexity index is 232. The molecule has 1 aliphatic heterocycles. The van der Waals surface area contributed by atoms with Crippen molar-refractivity contribution < 1.29 is 0 Å². The molecule has 0 aromatic heterocycles. The summed E-state index contributed by atoms with van der Waals surface area (Å²) in [4.78, 5) is 5.18. The summed E-state index contributed by atoms with van der Waals surface area (Å²) >= 11 is 0. The summed E-state index contributed by atoms with van der Waals surface area (Å²) in [6.45, 7) is 13.7. The van der Waals surface area contributed by atoms with Crippen LogP contribution in [0.3, 0.4) is 0 Å². The average Bonchev–Trinajstić information content (AvgIpc) is 2.47. The maximum Gasteiger partial charge on any atom is 0.0276 e. The summed E-state index contributed by atoms with van der Waals surface area (Å²) in [5, 5.41) is 0. The normalized spacial score (nSPS) is 18.6. The van der Waals surface area contributed by atoms with Gasteiger partial charge in [-0.15, -0.1) is 0 Å². The molecule has 1 fully saturated rings. The molecule has 20 heavy (non-hydrogen) atoms. The van der Waals surface area contributed by atoms with Crippen molar-refractivity contribution >= 4 is 0 Å². The Morgan fingerprint density at radius 2 is 1.40 bits per heavy atom. The molecule has 0 spiro atoms. The van der Waals surface area contributed by atoms with E-state index in [2.05, 4.69) is 30.6 Å². The molecular weight excluding hydrogens is 246 g/mol. The molecule has 0 aromatic carbocycles. The van der Waals surface area contributed by atoms with E-state index < -0.39 is 0 Å². The van der Waals surface area contributed by atoms with E-state index in [1.165, 1.54) is 77.7 Å². The fourth-order valence-corrected chi connectivity index (χ4v) is 3.00. The van der Waals surface area contributed by atoms with Crippen molar-refractivity contribution in [3.05, 3.63) is 0 Å². The van der Waals surface area contributed by atoms with Gasteiger partial charge in [-0.3, -0.25) is 4.90 Å². The van der Waals surface area contributed by atoms with Crippen LogP contribution in [0.15, 0.2) is 0 Å². The van der Waals surface area contributed by atoms with Crippen molar-refractivity contribution in [3.8, 4) is 0 Å². The first-order valence-corrected chi connectivity index (χ1v) is 8.77. The molecule has 3 heteroatoms. The lowest BCUT2D eigenvalue weighted by molar-refractivity contribution is 0.0562. The second-order valence-electron chi connectivity index (χ2n) is 6.97. The van der Waals surface area contributed by atoms with Crippen LogP contribution < -0.4 is 5.73 Å². The van der Waals surface area contributed by atoms with Gasteiger partial charge in [-0.05, 0) is 26.8 Å². The number of unbranched alkanes of at least 4 members (excludes halogenated alkanes) is 6. The van der Waals surface area contributed by atoms with Gasteiger partial charge in [0.05, 0.1) is 0 Å². The first-order chi connectivity index (χ1) is 9.60. The minimum absolute atomic E-state index is 0.172. The van der Waals surface area contributed by atoms with Crippen molar-refractivity contribution in [3.63, 3.8) is 0 Å². The van der Waals surface area contributed by atoms with E-state index in [1.807, 2.05) is 0 Å². The molecule has 1 rings (SSSR count). The Balaban J connectivity index is 2.02. The number of hydrogen-bond acceptors (Lipinski definition) is 3. The minimum atomic E-state index is 0.172. The van der Waals surface area contributed by atoms with Crippen LogP contribution in [0.5, 0.6) is 0 Å². The number of rotatable bonds is 10. The van der Waals surface area contributed by atoms with E-state index >= 15 is 0 Å². The van der Waals surface area contributed by atoms with E-state index in [1.54, 1.807) is 0 Å². The molecule has 0 amide bonds. The predicted octanol–water partition coefficient (Wildman–Crippen LogP) is 3.09. The Morgan fingerprint density at radius 1 is 0.850 bits per heavy atom. The lowest BCUT2D eigenvalue weighted by Gasteiger charge is -2.43. The van der Waals surface area contributed by atoms with Gasteiger partial charge in [0, 0.05) is 38.3 Å². The topological polar surface area (TPSA) is 32.5 Å². The van der Waals surface area contributed by atoms with Crippen molar-refractivity contribution in [2.45, 2.75) is 71.3 Å². The third-order valence-electron chi connectivity index (χ3n) is 4.81. The highest BCUT2D eigenvalue weighted by Crippen LogP contribution is 2.16. The van der Waals surface area contributed by atoms with E-state index in [0.29, 0.717) is 0 Å². The zero-order valence-electron chi connectivity index (χ0n) is 14.2. The number of nitrogens with zero attached hydrogens (tertiary/aromatic N) is 2. The Kier molecular flexibility index (Phi) is 8.74. The smallest absolute Gasteiger partial charge is 0.0276 e. The van der Waals surface area contributed by atoms with E-state index in [9.17, 15) is 0 Å². The summed E-state index contributed by atoms with van der Waals surface area (Å²) in [5.41, 5.74) is 6.04. The predicted molar refractivity (Wildman–Crippen MR) is 89.1 cm³/mol. The largest absolute Gasteiger partial charge is 0.329 e. The molecule has 2 N–H and O–H groups in total. The fourth-order valence-electron chi connectivity index (χ4n) is 3.00. The highest BCUT2D eigenvalue weighted by molar-refractivity contribution is 4.86. The standard InChI is InChI=1S/C17H37N3/c1-4-5-6-7-8-9-10-11-19-12-14-20(15-13-19)17(2,3)16-18/h4-16,18H2,1-3H3. The van der Waals surface area contributed by atoms with Crippen LogP contribution in [0, 0.1) is 0 Å². The molecule has 1 saturated heterocycles. The zero-order chi connectivity index (χ0) is 14.8. The molecule has 0 aliphatic carbocycles. The number of nitrogens with two attached hydrogens (primary N) is 1.